The lowest BCUT2D eigenvalue weighted by Gasteiger charge is -2.07. The quantitative estimate of drug-likeness (QED) is 0.748. The molecule has 2 heterocycles. The van der Waals surface area contributed by atoms with Crippen LogP contribution in [0.15, 0.2) is 57.9 Å². The molecular formula is C16H14N2O2. The molecular weight excluding hydrogens is 252 g/mol. The molecule has 3 rings (SSSR count). The van der Waals surface area contributed by atoms with Gasteiger partial charge in [-0.05, 0) is 30.7 Å². The summed E-state index contributed by atoms with van der Waals surface area (Å²) >= 11 is 0. The van der Waals surface area contributed by atoms with Crippen LogP contribution in [0.2, 0.25) is 0 Å². The van der Waals surface area contributed by atoms with Crippen LogP contribution in [-0.2, 0) is 0 Å². The fraction of sp³-hybridized carbons (Fsp3) is 0.0625. The van der Waals surface area contributed by atoms with Crippen LogP contribution in [0.25, 0.3) is 22.6 Å². The highest BCUT2D eigenvalue weighted by atomic mass is 16.3. The molecule has 0 unspecified atom stereocenters. The zero-order chi connectivity index (χ0) is 14.1. The third kappa shape index (κ3) is 2.12. The Morgan fingerprint density at radius 2 is 1.90 bits per heavy atom. The first-order valence-corrected chi connectivity index (χ1v) is 6.29. The van der Waals surface area contributed by atoms with Crippen molar-refractivity contribution in [1.29, 1.82) is 0 Å². The summed E-state index contributed by atoms with van der Waals surface area (Å²) in [5, 5.41) is 0. The maximum absolute atomic E-state index is 12.0. The molecule has 100 valence electrons. The van der Waals surface area contributed by atoms with Crippen LogP contribution < -0.4 is 11.3 Å². The van der Waals surface area contributed by atoms with E-state index >= 15 is 0 Å². The van der Waals surface area contributed by atoms with Gasteiger partial charge >= 0.3 is 0 Å². The number of hydrogen-bond acceptors (Lipinski definition) is 3. The minimum atomic E-state index is -0.311. The van der Waals surface area contributed by atoms with E-state index in [1.807, 2.05) is 37.3 Å². The summed E-state index contributed by atoms with van der Waals surface area (Å²) in [6, 6.07) is 13.3. The Kier molecular flexibility index (Phi) is 2.91. The van der Waals surface area contributed by atoms with E-state index in [1.165, 1.54) is 0 Å². The van der Waals surface area contributed by atoms with Crippen LogP contribution in [0.3, 0.4) is 0 Å². The maximum atomic E-state index is 12.0. The summed E-state index contributed by atoms with van der Waals surface area (Å²) in [6.45, 7) is 2.02. The molecule has 3 aromatic rings. The SMILES string of the molecule is Cc1ccc(-c2cc(-c3ccco3)c(N)c(=O)[nH]2)cc1. The highest BCUT2D eigenvalue weighted by molar-refractivity contribution is 5.76. The molecule has 20 heavy (non-hydrogen) atoms. The average molecular weight is 266 g/mol. The third-order valence-corrected chi connectivity index (χ3v) is 3.22. The van der Waals surface area contributed by atoms with Crippen LogP contribution in [0, 0.1) is 6.92 Å². The van der Waals surface area contributed by atoms with E-state index in [4.69, 9.17) is 10.2 Å². The van der Waals surface area contributed by atoms with Gasteiger partial charge in [-0.3, -0.25) is 4.79 Å². The Morgan fingerprint density at radius 1 is 1.15 bits per heavy atom. The van der Waals surface area contributed by atoms with Crippen LogP contribution in [-0.4, -0.2) is 4.98 Å². The number of nitrogens with one attached hydrogen (secondary N) is 1. The van der Waals surface area contributed by atoms with Crippen molar-refractivity contribution < 1.29 is 4.42 Å². The second kappa shape index (κ2) is 4.74. The number of aromatic nitrogens is 1. The first kappa shape index (κ1) is 12.3. The van der Waals surface area contributed by atoms with Crippen molar-refractivity contribution in [2.24, 2.45) is 0 Å². The van der Waals surface area contributed by atoms with Crippen LogP contribution in [0.4, 0.5) is 5.69 Å². The van der Waals surface area contributed by atoms with Crippen molar-refractivity contribution >= 4 is 5.69 Å². The standard InChI is InChI=1S/C16H14N2O2/c1-10-4-6-11(7-5-10)13-9-12(14-3-2-8-20-14)15(17)16(19)18-13/h2-9H,17H2,1H3,(H,18,19). The molecule has 0 atom stereocenters. The van der Waals surface area contributed by atoms with E-state index in [1.54, 1.807) is 18.4 Å². The van der Waals surface area contributed by atoms with Crippen LogP contribution in [0.1, 0.15) is 5.56 Å². The van der Waals surface area contributed by atoms with Crippen molar-refractivity contribution in [1.82, 2.24) is 4.98 Å². The lowest BCUT2D eigenvalue weighted by Crippen LogP contribution is -2.13. The summed E-state index contributed by atoms with van der Waals surface area (Å²) in [5.74, 6) is 0.585. The molecule has 2 aromatic heterocycles. The number of aryl methyl sites for hydroxylation is 1. The van der Waals surface area contributed by atoms with Crippen molar-refractivity contribution in [2.75, 3.05) is 5.73 Å². The van der Waals surface area contributed by atoms with Gasteiger partial charge in [0.25, 0.3) is 5.56 Å². The van der Waals surface area contributed by atoms with E-state index < -0.39 is 0 Å². The van der Waals surface area contributed by atoms with Gasteiger partial charge in [-0.25, -0.2) is 0 Å². The van der Waals surface area contributed by atoms with Gasteiger partial charge in [0.2, 0.25) is 0 Å². The monoisotopic (exact) mass is 266 g/mol. The second-order valence-electron chi connectivity index (χ2n) is 4.68. The van der Waals surface area contributed by atoms with Crippen molar-refractivity contribution in [3.8, 4) is 22.6 Å². The molecule has 0 fully saturated rings. The predicted octanol–water partition coefficient (Wildman–Crippen LogP) is 3.19. The molecule has 0 saturated heterocycles. The van der Waals surface area contributed by atoms with Gasteiger partial charge < -0.3 is 15.1 Å². The second-order valence-corrected chi connectivity index (χ2v) is 4.68. The molecule has 4 nitrogen and oxygen atoms in total. The maximum Gasteiger partial charge on any atom is 0.272 e. The molecule has 4 heteroatoms. The van der Waals surface area contributed by atoms with Gasteiger partial charge in [-0.1, -0.05) is 29.8 Å². The number of H-pyrrole nitrogens is 1. The number of rotatable bonds is 2. The van der Waals surface area contributed by atoms with Gasteiger partial charge in [0.15, 0.2) is 0 Å². The summed E-state index contributed by atoms with van der Waals surface area (Å²) in [7, 11) is 0. The van der Waals surface area contributed by atoms with Gasteiger partial charge in [0.1, 0.15) is 11.4 Å². The predicted molar refractivity (Wildman–Crippen MR) is 79.4 cm³/mol. The van der Waals surface area contributed by atoms with Gasteiger partial charge in [0.05, 0.1) is 6.26 Å². The average Bonchev–Trinajstić information content (AvgIpc) is 2.96. The molecule has 0 saturated carbocycles. The van der Waals surface area contributed by atoms with E-state index in [2.05, 4.69) is 4.98 Å². The van der Waals surface area contributed by atoms with E-state index in [0.717, 1.165) is 16.8 Å². The number of nitrogens with two attached hydrogens (primary N) is 1. The molecule has 0 bridgehead atoms. The van der Waals surface area contributed by atoms with Crippen molar-refractivity contribution in [3.63, 3.8) is 0 Å². The summed E-state index contributed by atoms with van der Waals surface area (Å²) in [6.07, 6.45) is 1.56. The van der Waals surface area contributed by atoms with Gasteiger partial charge in [-0.2, -0.15) is 0 Å². The number of anilines is 1. The topological polar surface area (TPSA) is 72.0 Å². The Hall–Kier alpha value is -2.75. The van der Waals surface area contributed by atoms with Gasteiger partial charge in [-0.15, -0.1) is 0 Å². The Bertz CT molecular complexity index is 784. The Balaban J connectivity index is 2.19. The zero-order valence-corrected chi connectivity index (χ0v) is 11.0. The first-order valence-electron chi connectivity index (χ1n) is 6.29. The fourth-order valence-corrected chi connectivity index (χ4v) is 2.09. The summed E-state index contributed by atoms with van der Waals surface area (Å²) < 4.78 is 5.33. The molecule has 0 spiro atoms. The fourth-order valence-electron chi connectivity index (χ4n) is 2.09. The Morgan fingerprint density at radius 3 is 2.55 bits per heavy atom. The zero-order valence-electron chi connectivity index (χ0n) is 11.0. The van der Waals surface area contributed by atoms with Crippen LogP contribution in [0.5, 0.6) is 0 Å². The first-order chi connectivity index (χ1) is 9.65. The lowest BCUT2D eigenvalue weighted by molar-refractivity contribution is 0.582. The molecule has 1 aromatic carbocycles. The number of hydrogen-bond donors (Lipinski definition) is 2. The largest absolute Gasteiger partial charge is 0.464 e. The van der Waals surface area contributed by atoms with E-state index in [0.29, 0.717) is 11.3 Å². The number of aromatic amines is 1. The number of benzene rings is 1. The Labute approximate surface area is 115 Å². The molecule has 3 N–H and O–H groups in total. The van der Waals surface area contributed by atoms with Crippen LogP contribution >= 0.6 is 0 Å². The van der Waals surface area contributed by atoms with Crippen molar-refractivity contribution in [2.45, 2.75) is 6.92 Å². The molecule has 0 radical (unpaired) electrons. The highest BCUT2D eigenvalue weighted by Gasteiger charge is 2.11. The highest BCUT2D eigenvalue weighted by Crippen LogP contribution is 2.27. The molecule has 0 aliphatic heterocycles. The lowest BCUT2D eigenvalue weighted by atomic mass is 10.1. The molecule has 0 aliphatic rings. The third-order valence-electron chi connectivity index (χ3n) is 3.22. The number of furan rings is 1. The minimum absolute atomic E-state index is 0.163. The smallest absolute Gasteiger partial charge is 0.272 e. The minimum Gasteiger partial charge on any atom is -0.464 e. The number of nitrogen functional groups attached to an aromatic ring is 1. The van der Waals surface area contributed by atoms with E-state index in [-0.39, 0.29) is 11.2 Å². The molecule has 0 aliphatic carbocycles. The summed E-state index contributed by atoms with van der Waals surface area (Å²) in [5.41, 5.74) is 9.11. The van der Waals surface area contributed by atoms with Gasteiger partial charge in [0, 0.05) is 11.3 Å². The normalized spacial score (nSPS) is 10.7. The molecule has 0 amide bonds. The number of pyridine rings is 1. The van der Waals surface area contributed by atoms with E-state index in [9.17, 15) is 4.79 Å². The summed E-state index contributed by atoms with van der Waals surface area (Å²) in [4.78, 5) is 14.8. The van der Waals surface area contributed by atoms with Crippen molar-refractivity contribution in [3.05, 3.63) is 64.6 Å².